The van der Waals surface area contributed by atoms with Crippen LogP contribution in [0.1, 0.15) is 5.56 Å². The molecule has 0 aliphatic carbocycles. The van der Waals surface area contributed by atoms with Crippen LogP contribution in [0.15, 0.2) is 35.4 Å². The maximum Gasteiger partial charge on any atom is 0.294 e. The minimum atomic E-state index is -3.57. The van der Waals surface area contributed by atoms with Crippen molar-refractivity contribution in [2.75, 3.05) is 12.4 Å². The molecule has 0 atom stereocenters. The molecule has 1 aromatic rings. The van der Waals surface area contributed by atoms with Gasteiger partial charge in [0.2, 0.25) is 0 Å². The molecule has 0 saturated heterocycles. The fourth-order valence-corrected chi connectivity index (χ4v) is 2.23. The van der Waals surface area contributed by atoms with Crippen LogP contribution in [0.3, 0.4) is 0 Å². The first-order chi connectivity index (χ1) is 7.13. The van der Waals surface area contributed by atoms with Crippen molar-refractivity contribution in [2.45, 2.75) is 6.42 Å². The third-order valence-electron chi connectivity index (χ3n) is 2.31. The number of benzene rings is 1. The molecule has 1 aromatic carbocycles. The lowest BCUT2D eigenvalue weighted by molar-refractivity contribution is 0.403. The van der Waals surface area contributed by atoms with E-state index in [0.717, 1.165) is 18.4 Å². The molecule has 5 heteroatoms. The highest BCUT2D eigenvalue weighted by Crippen LogP contribution is 2.26. The largest absolute Gasteiger partial charge is 0.360 e. The molecule has 0 unspecified atom stereocenters. The molecule has 1 heterocycles. The minimum Gasteiger partial charge on any atom is -0.360 e. The molecule has 1 aliphatic rings. The fraction of sp³-hybridized carbons (Fsp3) is 0.200. The quantitative estimate of drug-likeness (QED) is 0.774. The standard InChI is InChI=1S/C10H11NO3S/c1-14-15(12,13)9-6-8-4-2-3-5-10(8)11-7-9/h2-5,7,11H,6H2,1H3. The summed E-state index contributed by atoms with van der Waals surface area (Å²) in [6.07, 6.45) is 1.85. The second-order valence-electron chi connectivity index (χ2n) is 3.21. The van der Waals surface area contributed by atoms with E-state index in [-0.39, 0.29) is 4.91 Å². The van der Waals surface area contributed by atoms with Gasteiger partial charge in [0.05, 0.1) is 12.0 Å². The first-order valence-electron chi connectivity index (χ1n) is 4.47. The predicted molar refractivity (Wildman–Crippen MR) is 57.8 cm³/mol. The molecule has 80 valence electrons. The molecular formula is C10H11NO3S. The first kappa shape index (κ1) is 10.2. The number of anilines is 1. The lowest BCUT2D eigenvalue weighted by Crippen LogP contribution is -2.14. The Labute approximate surface area is 88.7 Å². The molecule has 0 fully saturated rings. The van der Waals surface area contributed by atoms with E-state index in [9.17, 15) is 8.42 Å². The number of para-hydroxylation sites is 1. The van der Waals surface area contributed by atoms with Gasteiger partial charge in [-0.1, -0.05) is 18.2 Å². The van der Waals surface area contributed by atoms with E-state index >= 15 is 0 Å². The number of rotatable bonds is 2. The Morgan fingerprint density at radius 2 is 2.07 bits per heavy atom. The molecule has 4 nitrogen and oxygen atoms in total. The van der Waals surface area contributed by atoms with Crippen LogP contribution in [0.2, 0.25) is 0 Å². The van der Waals surface area contributed by atoms with Crippen LogP contribution < -0.4 is 5.32 Å². The molecule has 2 rings (SSSR count). The van der Waals surface area contributed by atoms with Gasteiger partial charge in [-0.25, -0.2) is 0 Å². The van der Waals surface area contributed by atoms with Gasteiger partial charge in [-0.3, -0.25) is 4.18 Å². The van der Waals surface area contributed by atoms with Gasteiger partial charge in [-0.15, -0.1) is 0 Å². The second-order valence-corrected chi connectivity index (χ2v) is 4.98. The molecular weight excluding hydrogens is 214 g/mol. The van der Waals surface area contributed by atoms with Gasteiger partial charge in [0.1, 0.15) is 0 Å². The van der Waals surface area contributed by atoms with Crippen molar-refractivity contribution < 1.29 is 12.6 Å². The number of allylic oxidation sites excluding steroid dienone is 1. The van der Waals surface area contributed by atoms with Crippen LogP contribution in [0, 0.1) is 0 Å². The normalized spacial score (nSPS) is 15.1. The second kappa shape index (κ2) is 3.67. The topological polar surface area (TPSA) is 55.4 Å². The summed E-state index contributed by atoms with van der Waals surface area (Å²) in [5.74, 6) is 0. The zero-order chi connectivity index (χ0) is 10.9. The lowest BCUT2D eigenvalue weighted by Gasteiger charge is -2.17. The highest BCUT2D eigenvalue weighted by Gasteiger charge is 2.21. The Kier molecular flexibility index (Phi) is 2.50. The van der Waals surface area contributed by atoms with E-state index in [1.165, 1.54) is 6.20 Å². The van der Waals surface area contributed by atoms with E-state index in [2.05, 4.69) is 9.50 Å². The molecule has 0 bridgehead atoms. The SMILES string of the molecule is COS(=O)(=O)C1=CNc2ccccc2C1. The summed E-state index contributed by atoms with van der Waals surface area (Å²) in [7, 11) is -2.40. The summed E-state index contributed by atoms with van der Waals surface area (Å²) in [4.78, 5) is 0.253. The van der Waals surface area contributed by atoms with Crippen molar-refractivity contribution in [1.29, 1.82) is 0 Å². The van der Waals surface area contributed by atoms with E-state index in [0.29, 0.717) is 6.42 Å². The van der Waals surface area contributed by atoms with Crippen LogP contribution >= 0.6 is 0 Å². The average Bonchev–Trinajstić information content (AvgIpc) is 2.28. The third kappa shape index (κ3) is 1.88. The van der Waals surface area contributed by atoms with Crippen molar-refractivity contribution in [3.8, 4) is 0 Å². The summed E-state index contributed by atoms with van der Waals surface area (Å²) < 4.78 is 27.3. The Bertz CT molecular complexity index is 505. The van der Waals surface area contributed by atoms with Crippen LogP contribution in [-0.4, -0.2) is 15.5 Å². The average molecular weight is 225 g/mol. The number of hydrogen-bond donors (Lipinski definition) is 1. The Morgan fingerprint density at radius 1 is 1.33 bits per heavy atom. The molecule has 0 amide bonds. The summed E-state index contributed by atoms with van der Waals surface area (Å²) >= 11 is 0. The van der Waals surface area contributed by atoms with Crippen LogP contribution in [0.25, 0.3) is 0 Å². The van der Waals surface area contributed by atoms with Gasteiger partial charge in [0, 0.05) is 18.3 Å². The predicted octanol–water partition coefficient (Wildman–Crippen LogP) is 1.47. The van der Waals surface area contributed by atoms with Crippen LogP contribution in [-0.2, 0) is 20.7 Å². The van der Waals surface area contributed by atoms with E-state index < -0.39 is 10.1 Å². The van der Waals surface area contributed by atoms with Crippen molar-refractivity contribution >= 4 is 15.8 Å². The first-order valence-corrected chi connectivity index (χ1v) is 5.88. The summed E-state index contributed by atoms with van der Waals surface area (Å²) in [6.45, 7) is 0. The van der Waals surface area contributed by atoms with Gasteiger partial charge in [0.25, 0.3) is 10.1 Å². The van der Waals surface area contributed by atoms with Gasteiger partial charge < -0.3 is 5.32 Å². The number of hydrogen-bond acceptors (Lipinski definition) is 4. The van der Waals surface area contributed by atoms with Crippen molar-refractivity contribution in [2.24, 2.45) is 0 Å². The number of fused-ring (bicyclic) bond motifs is 1. The monoisotopic (exact) mass is 225 g/mol. The zero-order valence-corrected chi connectivity index (χ0v) is 9.04. The molecule has 1 aliphatic heterocycles. The van der Waals surface area contributed by atoms with E-state index in [4.69, 9.17) is 0 Å². The van der Waals surface area contributed by atoms with Gasteiger partial charge in [0.15, 0.2) is 0 Å². The fourth-order valence-electron chi connectivity index (χ4n) is 1.48. The minimum absolute atomic E-state index is 0.253. The Balaban J connectivity index is 2.35. The summed E-state index contributed by atoms with van der Waals surface area (Å²) in [5.41, 5.74) is 1.89. The summed E-state index contributed by atoms with van der Waals surface area (Å²) in [5, 5.41) is 2.93. The van der Waals surface area contributed by atoms with E-state index in [1.54, 1.807) is 0 Å². The Morgan fingerprint density at radius 3 is 2.80 bits per heavy atom. The van der Waals surface area contributed by atoms with Gasteiger partial charge in [-0.05, 0) is 11.6 Å². The smallest absolute Gasteiger partial charge is 0.294 e. The Hall–Kier alpha value is -1.33. The van der Waals surface area contributed by atoms with Crippen LogP contribution in [0.4, 0.5) is 5.69 Å². The maximum atomic E-state index is 11.4. The van der Waals surface area contributed by atoms with E-state index in [1.807, 2.05) is 24.3 Å². The summed E-state index contributed by atoms with van der Waals surface area (Å²) in [6, 6.07) is 7.57. The highest BCUT2D eigenvalue weighted by molar-refractivity contribution is 7.90. The molecule has 0 aromatic heterocycles. The van der Waals surface area contributed by atoms with Crippen LogP contribution in [0.5, 0.6) is 0 Å². The highest BCUT2D eigenvalue weighted by atomic mass is 32.2. The van der Waals surface area contributed by atoms with Crippen molar-refractivity contribution in [3.63, 3.8) is 0 Å². The molecule has 0 spiro atoms. The number of nitrogens with one attached hydrogen (secondary N) is 1. The molecule has 1 N–H and O–H groups in total. The molecule has 15 heavy (non-hydrogen) atoms. The molecule has 0 saturated carbocycles. The third-order valence-corrected chi connectivity index (χ3v) is 3.65. The zero-order valence-electron chi connectivity index (χ0n) is 8.23. The molecule has 0 radical (unpaired) electrons. The van der Waals surface area contributed by atoms with Gasteiger partial charge >= 0.3 is 0 Å². The van der Waals surface area contributed by atoms with Gasteiger partial charge in [-0.2, -0.15) is 8.42 Å². The maximum absolute atomic E-state index is 11.4. The van der Waals surface area contributed by atoms with Crippen molar-refractivity contribution in [3.05, 3.63) is 40.9 Å². The van der Waals surface area contributed by atoms with Crippen molar-refractivity contribution in [1.82, 2.24) is 0 Å². The lowest BCUT2D eigenvalue weighted by atomic mass is 10.1.